The lowest BCUT2D eigenvalue weighted by Gasteiger charge is -2.27. The lowest BCUT2D eigenvalue weighted by Crippen LogP contribution is -2.37. The summed E-state index contributed by atoms with van der Waals surface area (Å²) >= 11 is 0. The summed E-state index contributed by atoms with van der Waals surface area (Å²) in [6.45, 7) is 9.59. The van der Waals surface area contributed by atoms with Crippen LogP contribution >= 0.6 is 0 Å². The highest BCUT2D eigenvalue weighted by molar-refractivity contribution is 5.79. The molecule has 0 radical (unpaired) electrons. The summed E-state index contributed by atoms with van der Waals surface area (Å²) in [5.41, 5.74) is 5.10. The predicted molar refractivity (Wildman–Crippen MR) is 126 cm³/mol. The van der Waals surface area contributed by atoms with Crippen molar-refractivity contribution in [1.29, 1.82) is 0 Å². The van der Waals surface area contributed by atoms with Crippen LogP contribution in [-0.2, 0) is 35.7 Å². The molecule has 3 rings (SSSR count). The van der Waals surface area contributed by atoms with Gasteiger partial charge in [-0.25, -0.2) is 0 Å². The highest BCUT2D eigenvalue weighted by Gasteiger charge is 2.13. The van der Waals surface area contributed by atoms with E-state index in [1.807, 2.05) is 7.05 Å². The highest BCUT2D eigenvalue weighted by Crippen LogP contribution is 2.13. The Labute approximate surface area is 186 Å². The SMILES string of the molecule is CCCOCc1ccccc1CNC(=NC)NCc1ccccc1CN1CCOCC1. The molecular weight excluding hydrogens is 388 g/mol. The highest BCUT2D eigenvalue weighted by atomic mass is 16.5. The van der Waals surface area contributed by atoms with Crippen molar-refractivity contribution in [1.82, 2.24) is 15.5 Å². The van der Waals surface area contributed by atoms with Crippen LogP contribution in [-0.4, -0.2) is 50.8 Å². The summed E-state index contributed by atoms with van der Waals surface area (Å²) in [5, 5.41) is 6.91. The first-order valence-corrected chi connectivity index (χ1v) is 11.3. The molecule has 1 saturated heterocycles. The quantitative estimate of drug-likeness (QED) is 0.348. The van der Waals surface area contributed by atoms with E-state index >= 15 is 0 Å². The molecule has 168 valence electrons. The molecule has 0 spiro atoms. The van der Waals surface area contributed by atoms with Crippen LogP contribution in [0.4, 0.5) is 0 Å². The Kier molecular flexibility index (Phi) is 9.83. The molecule has 1 fully saturated rings. The molecule has 2 aromatic rings. The monoisotopic (exact) mass is 424 g/mol. The molecule has 0 aliphatic carbocycles. The van der Waals surface area contributed by atoms with E-state index < -0.39 is 0 Å². The molecule has 2 N–H and O–H groups in total. The number of nitrogens with zero attached hydrogens (tertiary/aromatic N) is 2. The van der Waals surface area contributed by atoms with Gasteiger partial charge in [0, 0.05) is 46.4 Å². The van der Waals surface area contributed by atoms with Crippen molar-refractivity contribution >= 4 is 5.96 Å². The Morgan fingerprint density at radius 3 is 2.13 bits per heavy atom. The Morgan fingerprint density at radius 1 is 0.935 bits per heavy atom. The van der Waals surface area contributed by atoms with E-state index in [-0.39, 0.29) is 0 Å². The summed E-state index contributed by atoms with van der Waals surface area (Å²) < 4.78 is 11.2. The van der Waals surface area contributed by atoms with E-state index in [0.717, 1.165) is 58.4 Å². The van der Waals surface area contributed by atoms with E-state index in [0.29, 0.717) is 13.2 Å². The second-order valence-corrected chi connectivity index (χ2v) is 7.76. The molecule has 0 unspecified atom stereocenters. The zero-order valence-electron chi connectivity index (χ0n) is 18.9. The molecular formula is C25H36N4O2. The van der Waals surface area contributed by atoms with Gasteiger partial charge in [-0.3, -0.25) is 9.89 Å². The number of benzene rings is 2. The van der Waals surface area contributed by atoms with Crippen LogP contribution in [0.15, 0.2) is 53.5 Å². The summed E-state index contributed by atoms with van der Waals surface area (Å²) in [7, 11) is 1.81. The van der Waals surface area contributed by atoms with Crippen molar-refractivity contribution in [3.8, 4) is 0 Å². The van der Waals surface area contributed by atoms with Crippen LogP contribution < -0.4 is 10.6 Å². The molecule has 6 nitrogen and oxygen atoms in total. The average molecular weight is 425 g/mol. The van der Waals surface area contributed by atoms with Gasteiger partial charge in [-0.05, 0) is 28.7 Å². The van der Waals surface area contributed by atoms with Crippen LogP contribution in [0.1, 0.15) is 35.6 Å². The Morgan fingerprint density at radius 2 is 1.52 bits per heavy atom. The third-order valence-corrected chi connectivity index (χ3v) is 5.46. The maximum Gasteiger partial charge on any atom is 0.191 e. The number of aliphatic imine (C=N–C) groups is 1. The van der Waals surface area contributed by atoms with E-state index in [1.165, 1.54) is 22.3 Å². The smallest absolute Gasteiger partial charge is 0.191 e. The second kappa shape index (κ2) is 13.1. The number of rotatable bonds is 10. The van der Waals surface area contributed by atoms with Gasteiger partial charge in [0.2, 0.25) is 0 Å². The molecule has 0 bridgehead atoms. The van der Waals surface area contributed by atoms with Crippen molar-refractivity contribution < 1.29 is 9.47 Å². The van der Waals surface area contributed by atoms with Gasteiger partial charge < -0.3 is 20.1 Å². The lowest BCUT2D eigenvalue weighted by atomic mass is 10.1. The molecule has 0 saturated carbocycles. The van der Waals surface area contributed by atoms with Crippen LogP contribution in [0.3, 0.4) is 0 Å². The zero-order chi connectivity index (χ0) is 21.7. The number of hydrogen-bond donors (Lipinski definition) is 2. The zero-order valence-corrected chi connectivity index (χ0v) is 18.9. The minimum Gasteiger partial charge on any atom is -0.379 e. The van der Waals surface area contributed by atoms with Crippen LogP contribution in [0, 0.1) is 0 Å². The third kappa shape index (κ3) is 7.65. The molecule has 6 heteroatoms. The van der Waals surface area contributed by atoms with E-state index in [4.69, 9.17) is 9.47 Å². The fourth-order valence-corrected chi connectivity index (χ4v) is 3.66. The number of hydrogen-bond acceptors (Lipinski definition) is 4. The lowest BCUT2D eigenvalue weighted by molar-refractivity contribution is 0.0341. The van der Waals surface area contributed by atoms with Gasteiger partial charge in [-0.1, -0.05) is 55.5 Å². The first kappa shape index (κ1) is 23.3. The number of morpholine rings is 1. The van der Waals surface area contributed by atoms with Crippen LogP contribution in [0.2, 0.25) is 0 Å². The van der Waals surface area contributed by atoms with Crippen molar-refractivity contribution in [2.24, 2.45) is 4.99 Å². The molecule has 0 aromatic heterocycles. The van der Waals surface area contributed by atoms with Gasteiger partial charge >= 0.3 is 0 Å². The van der Waals surface area contributed by atoms with Gasteiger partial charge in [0.05, 0.1) is 19.8 Å². The molecule has 2 aromatic carbocycles. The van der Waals surface area contributed by atoms with E-state index in [1.54, 1.807) is 0 Å². The second-order valence-electron chi connectivity index (χ2n) is 7.76. The maximum absolute atomic E-state index is 5.74. The summed E-state index contributed by atoms with van der Waals surface area (Å²) in [6.07, 6.45) is 1.03. The molecule has 31 heavy (non-hydrogen) atoms. The summed E-state index contributed by atoms with van der Waals surface area (Å²) in [5.74, 6) is 0.797. The van der Waals surface area contributed by atoms with Crippen molar-refractivity contribution in [2.45, 2.75) is 39.6 Å². The van der Waals surface area contributed by atoms with Gasteiger partial charge in [0.25, 0.3) is 0 Å². The molecule has 0 atom stereocenters. The maximum atomic E-state index is 5.74. The van der Waals surface area contributed by atoms with E-state index in [2.05, 4.69) is 76.0 Å². The summed E-state index contributed by atoms with van der Waals surface area (Å²) in [4.78, 5) is 6.86. The number of nitrogens with one attached hydrogen (secondary N) is 2. The van der Waals surface area contributed by atoms with Gasteiger partial charge in [0.15, 0.2) is 5.96 Å². The molecule has 1 aliphatic heterocycles. The minimum atomic E-state index is 0.645. The Balaban J connectivity index is 1.53. The largest absolute Gasteiger partial charge is 0.379 e. The minimum absolute atomic E-state index is 0.645. The molecule has 0 amide bonds. The molecule has 1 aliphatic rings. The van der Waals surface area contributed by atoms with Crippen LogP contribution in [0.25, 0.3) is 0 Å². The standard InChI is InChI=1S/C25H36N4O2/c1-3-14-31-20-24-11-7-5-9-22(24)18-28-25(26-2)27-17-21-8-4-6-10-23(21)19-29-12-15-30-16-13-29/h4-11H,3,12-20H2,1-2H3,(H2,26,27,28). The predicted octanol–water partition coefficient (Wildman–Crippen LogP) is 3.31. The number of guanidine groups is 1. The van der Waals surface area contributed by atoms with Crippen LogP contribution in [0.5, 0.6) is 0 Å². The van der Waals surface area contributed by atoms with E-state index in [9.17, 15) is 0 Å². The van der Waals surface area contributed by atoms with Gasteiger partial charge in [0.1, 0.15) is 0 Å². The first-order chi connectivity index (χ1) is 15.3. The van der Waals surface area contributed by atoms with Gasteiger partial charge in [-0.15, -0.1) is 0 Å². The normalized spacial score (nSPS) is 15.1. The average Bonchev–Trinajstić information content (AvgIpc) is 2.82. The Hall–Kier alpha value is -2.41. The fourth-order valence-electron chi connectivity index (χ4n) is 3.66. The number of ether oxygens (including phenoxy) is 2. The van der Waals surface area contributed by atoms with Crippen molar-refractivity contribution in [3.05, 3.63) is 70.8 Å². The van der Waals surface area contributed by atoms with Crippen molar-refractivity contribution in [2.75, 3.05) is 40.0 Å². The van der Waals surface area contributed by atoms with Gasteiger partial charge in [-0.2, -0.15) is 0 Å². The first-order valence-electron chi connectivity index (χ1n) is 11.3. The summed E-state index contributed by atoms with van der Waals surface area (Å²) in [6, 6.07) is 17.0. The Bertz CT molecular complexity index is 819. The molecule has 1 heterocycles. The van der Waals surface area contributed by atoms with Crippen molar-refractivity contribution in [3.63, 3.8) is 0 Å². The fraction of sp³-hybridized carbons (Fsp3) is 0.480. The third-order valence-electron chi connectivity index (χ3n) is 5.46. The topological polar surface area (TPSA) is 58.1 Å².